The normalized spacial score (nSPS) is 17.4. The Balaban J connectivity index is 1.68. The highest BCUT2D eigenvalue weighted by atomic mass is 16.5. The average Bonchev–Trinajstić information content (AvgIpc) is 3.30. The van der Waals surface area contributed by atoms with E-state index in [0.717, 1.165) is 41.5 Å². The molecular weight excluding hydrogens is 354 g/mol. The summed E-state index contributed by atoms with van der Waals surface area (Å²) in [5.74, 6) is 0.351. The monoisotopic (exact) mass is 381 g/mol. The van der Waals surface area contributed by atoms with Crippen LogP contribution in [0.2, 0.25) is 0 Å². The van der Waals surface area contributed by atoms with Gasteiger partial charge in [-0.15, -0.1) is 5.10 Å². The average molecular weight is 381 g/mol. The highest BCUT2D eigenvalue weighted by Crippen LogP contribution is 2.34. The Morgan fingerprint density at radius 1 is 1.21 bits per heavy atom. The van der Waals surface area contributed by atoms with Crippen molar-refractivity contribution in [2.45, 2.75) is 52.1 Å². The predicted molar refractivity (Wildman–Crippen MR) is 110 cm³/mol. The fraction of sp³-hybridized carbons (Fsp3) is 0.476. The van der Waals surface area contributed by atoms with Gasteiger partial charge in [0, 0.05) is 24.2 Å². The Bertz CT molecular complexity index is 1000. The molecule has 28 heavy (non-hydrogen) atoms. The second-order valence-corrected chi connectivity index (χ2v) is 8.48. The lowest BCUT2D eigenvalue weighted by Gasteiger charge is -2.22. The maximum Gasteiger partial charge on any atom is 0.315 e. The quantitative estimate of drug-likeness (QED) is 0.703. The lowest BCUT2D eigenvalue weighted by molar-refractivity contribution is 0.120. The van der Waals surface area contributed by atoms with Crippen molar-refractivity contribution in [2.75, 3.05) is 24.2 Å². The number of rotatable bonds is 4. The molecule has 1 saturated heterocycles. The van der Waals surface area contributed by atoms with Gasteiger partial charge in [0.05, 0.1) is 11.6 Å². The Morgan fingerprint density at radius 2 is 2.04 bits per heavy atom. The number of nitrogen functional groups attached to an aromatic ring is 1. The molecule has 4 rings (SSSR count). The Hall–Kier alpha value is -2.67. The molecule has 0 amide bonds. The maximum absolute atomic E-state index is 6.36. The molecule has 0 aliphatic carbocycles. The number of pyridine rings is 1. The van der Waals surface area contributed by atoms with Gasteiger partial charge in [-0.1, -0.05) is 37.5 Å². The molecule has 2 aromatic heterocycles. The SMILES string of the molecule is Cc1cc(C(C)(C)C)c2nc(-c3nnc(NCC4CCCO4)o3)cc(N)c2c1. The van der Waals surface area contributed by atoms with E-state index in [-0.39, 0.29) is 11.5 Å². The number of ether oxygens (including phenoxy) is 1. The van der Waals surface area contributed by atoms with Gasteiger partial charge in [-0.05, 0) is 42.9 Å². The van der Waals surface area contributed by atoms with Gasteiger partial charge >= 0.3 is 6.01 Å². The molecule has 0 spiro atoms. The zero-order valence-electron chi connectivity index (χ0n) is 16.9. The topological polar surface area (TPSA) is 99.1 Å². The van der Waals surface area contributed by atoms with Crippen molar-refractivity contribution < 1.29 is 9.15 Å². The summed E-state index contributed by atoms with van der Waals surface area (Å²) in [6, 6.07) is 6.40. The van der Waals surface area contributed by atoms with Gasteiger partial charge in [-0.25, -0.2) is 4.98 Å². The van der Waals surface area contributed by atoms with Gasteiger partial charge in [0.1, 0.15) is 5.69 Å². The smallest absolute Gasteiger partial charge is 0.315 e. The molecule has 1 aliphatic rings. The molecule has 1 unspecified atom stereocenters. The zero-order valence-corrected chi connectivity index (χ0v) is 16.9. The van der Waals surface area contributed by atoms with Crippen molar-refractivity contribution in [3.63, 3.8) is 0 Å². The van der Waals surface area contributed by atoms with E-state index in [9.17, 15) is 0 Å². The number of aryl methyl sites for hydroxylation is 1. The second-order valence-electron chi connectivity index (χ2n) is 8.48. The van der Waals surface area contributed by atoms with E-state index in [1.807, 2.05) is 0 Å². The van der Waals surface area contributed by atoms with Crippen LogP contribution in [0.5, 0.6) is 0 Å². The summed E-state index contributed by atoms with van der Waals surface area (Å²) >= 11 is 0. The third kappa shape index (κ3) is 3.67. The number of anilines is 2. The number of aromatic nitrogens is 3. The van der Waals surface area contributed by atoms with Crippen LogP contribution < -0.4 is 11.1 Å². The molecule has 7 nitrogen and oxygen atoms in total. The molecule has 1 aromatic carbocycles. The Kier molecular flexibility index (Phi) is 4.71. The van der Waals surface area contributed by atoms with Crippen molar-refractivity contribution in [1.82, 2.24) is 15.2 Å². The van der Waals surface area contributed by atoms with Gasteiger partial charge in [-0.2, -0.15) is 0 Å². The van der Waals surface area contributed by atoms with Crippen LogP contribution >= 0.6 is 0 Å². The first kappa shape index (κ1) is 18.7. The minimum Gasteiger partial charge on any atom is -0.402 e. The highest BCUT2D eigenvalue weighted by Gasteiger charge is 2.22. The van der Waals surface area contributed by atoms with Gasteiger partial charge in [0.15, 0.2) is 0 Å². The van der Waals surface area contributed by atoms with E-state index in [0.29, 0.717) is 29.8 Å². The molecule has 1 aliphatic heterocycles. The van der Waals surface area contributed by atoms with Crippen LogP contribution in [-0.2, 0) is 10.2 Å². The van der Waals surface area contributed by atoms with Crippen molar-refractivity contribution in [3.8, 4) is 11.6 Å². The number of benzene rings is 1. The van der Waals surface area contributed by atoms with E-state index >= 15 is 0 Å². The maximum atomic E-state index is 6.36. The van der Waals surface area contributed by atoms with E-state index in [4.69, 9.17) is 19.9 Å². The van der Waals surface area contributed by atoms with Crippen molar-refractivity contribution in [3.05, 3.63) is 29.3 Å². The first-order valence-electron chi connectivity index (χ1n) is 9.72. The first-order chi connectivity index (χ1) is 13.3. The third-order valence-electron chi connectivity index (χ3n) is 5.05. The summed E-state index contributed by atoms with van der Waals surface area (Å²) in [6.45, 7) is 10.1. The van der Waals surface area contributed by atoms with Gasteiger partial charge in [-0.3, -0.25) is 0 Å². The number of nitrogens with two attached hydrogens (primary N) is 1. The number of nitrogens with one attached hydrogen (secondary N) is 1. The lowest BCUT2D eigenvalue weighted by atomic mass is 9.84. The summed E-state index contributed by atoms with van der Waals surface area (Å²) in [5, 5.41) is 12.3. The minimum absolute atomic E-state index is 0.0643. The van der Waals surface area contributed by atoms with Crippen molar-refractivity contribution in [1.29, 1.82) is 0 Å². The largest absolute Gasteiger partial charge is 0.402 e. The van der Waals surface area contributed by atoms with Gasteiger partial charge < -0.3 is 20.2 Å². The highest BCUT2D eigenvalue weighted by molar-refractivity contribution is 5.95. The predicted octanol–water partition coefficient (Wildman–Crippen LogP) is 4.06. The standard InChI is InChI=1S/C21H27N5O2/c1-12-8-14-16(22)10-17(24-18(14)15(9-12)21(2,3)4)19-25-26-20(28-19)23-11-13-6-5-7-27-13/h8-10,13H,5-7,11H2,1-4H3,(H2,22,24)(H,23,26). The summed E-state index contributed by atoms with van der Waals surface area (Å²) in [7, 11) is 0. The number of fused-ring (bicyclic) bond motifs is 1. The fourth-order valence-electron chi connectivity index (χ4n) is 3.58. The van der Waals surface area contributed by atoms with Crippen LogP contribution in [-0.4, -0.2) is 34.4 Å². The van der Waals surface area contributed by atoms with E-state index in [2.05, 4.69) is 55.3 Å². The van der Waals surface area contributed by atoms with Gasteiger partial charge in [0.25, 0.3) is 5.89 Å². The number of nitrogens with zero attached hydrogens (tertiary/aromatic N) is 3. The van der Waals surface area contributed by atoms with Crippen LogP contribution in [0, 0.1) is 6.92 Å². The molecule has 0 bridgehead atoms. The van der Waals surface area contributed by atoms with Crippen LogP contribution in [0.1, 0.15) is 44.7 Å². The minimum atomic E-state index is -0.0643. The van der Waals surface area contributed by atoms with Gasteiger partial charge in [0.2, 0.25) is 0 Å². The lowest BCUT2D eigenvalue weighted by Crippen LogP contribution is -2.18. The van der Waals surface area contributed by atoms with E-state index in [1.165, 1.54) is 0 Å². The summed E-state index contributed by atoms with van der Waals surface area (Å²) in [4.78, 5) is 4.84. The zero-order chi connectivity index (χ0) is 19.9. The van der Waals surface area contributed by atoms with Crippen LogP contribution in [0.25, 0.3) is 22.5 Å². The molecule has 1 atom stereocenters. The van der Waals surface area contributed by atoms with E-state index < -0.39 is 0 Å². The molecule has 3 heterocycles. The van der Waals surface area contributed by atoms with Crippen LogP contribution in [0.3, 0.4) is 0 Å². The van der Waals surface area contributed by atoms with Crippen molar-refractivity contribution in [2.24, 2.45) is 0 Å². The number of hydrogen-bond donors (Lipinski definition) is 2. The first-order valence-corrected chi connectivity index (χ1v) is 9.72. The summed E-state index contributed by atoms with van der Waals surface area (Å²) < 4.78 is 11.4. The fourth-order valence-corrected chi connectivity index (χ4v) is 3.58. The molecule has 7 heteroatoms. The Morgan fingerprint density at radius 3 is 2.75 bits per heavy atom. The van der Waals surface area contributed by atoms with E-state index in [1.54, 1.807) is 6.07 Å². The summed E-state index contributed by atoms with van der Waals surface area (Å²) in [6.07, 6.45) is 2.34. The second kappa shape index (κ2) is 7.05. The van der Waals surface area contributed by atoms with Crippen LogP contribution in [0.4, 0.5) is 11.7 Å². The molecule has 148 valence electrons. The molecule has 0 radical (unpaired) electrons. The summed E-state index contributed by atoms with van der Waals surface area (Å²) in [5.41, 5.74) is 10.7. The Labute approximate surface area is 164 Å². The molecule has 1 fully saturated rings. The third-order valence-corrected chi connectivity index (χ3v) is 5.05. The van der Waals surface area contributed by atoms with Crippen LogP contribution in [0.15, 0.2) is 22.6 Å². The molecule has 3 aromatic rings. The molecular formula is C21H27N5O2. The van der Waals surface area contributed by atoms with Crippen molar-refractivity contribution >= 4 is 22.6 Å². The molecule has 3 N–H and O–H groups in total. The molecule has 0 saturated carbocycles. The number of hydrogen-bond acceptors (Lipinski definition) is 7.